The van der Waals surface area contributed by atoms with E-state index in [1.165, 1.54) is 11.4 Å². The Morgan fingerprint density at radius 2 is 1.72 bits per heavy atom. The molecule has 0 amide bonds. The van der Waals surface area contributed by atoms with Gasteiger partial charge in [-0.05, 0) is 51.0 Å². The molecule has 0 heterocycles. The van der Waals surface area contributed by atoms with Crippen molar-refractivity contribution in [1.29, 1.82) is 0 Å². The Morgan fingerprint density at radius 1 is 1.06 bits per heavy atom. The molecule has 0 aliphatic heterocycles. The maximum Gasteiger partial charge on any atom is 0.0462 e. The highest BCUT2D eigenvalue weighted by molar-refractivity contribution is 5.54. The third-order valence-electron chi connectivity index (χ3n) is 3.10. The number of hydrogen-bond acceptors (Lipinski definition) is 3. The highest BCUT2D eigenvalue weighted by Gasteiger charge is 2.00. The van der Waals surface area contributed by atoms with Gasteiger partial charge in [0.15, 0.2) is 0 Å². The number of hydrogen-bond donors (Lipinski definition) is 1. The van der Waals surface area contributed by atoms with Gasteiger partial charge in [0.05, 0.1) is 0 Å². The zero-order valence-corrected chi connectivity index (χ0v) is 11.9. The van der Waals surface area contributed by atoms with Crippen LogP contribution in [0.4, 0.5) is 11.4 Å². The first kappa shape index (κ1) is 14.8. The molecule has 0 fully saturated rings. The number of benzene rings is 1. The number of nitrogens with zero attached hydrogens (tertiary/aromatic N) is 1. The Hall–Kier alpha value is -1.22. The maximum atomic E-state index is 5.03. The van der Waals surface area contributed by atoms with Crippen LogP contribution >= 0.6 is 0 Å². The van der Waals surface area contributed by atoms with E-state index in [0.717, 1.165) is 39.1 Å². The molecule has 1 aromatic carbocycles. The summed E-state index contributed by atoms with van der Waals surface area (Å²) < 4.78 is 5.03. The lowest BCUT2D eigenvalue weighted by atomic mass is 10.2. The van der Waals surface area contributed by atoms with E-state index in [1.807, 2.05) is 0 Å². The van der Waals surface area contributed by atoms with Gasteiger partial charge >= 0.3 is 0 Å². The molecule has 0 unspecified atom stereocenters. The first-order valence-corrected chi connectivity index (χ1v) is 6.89. The second-order valence-corrected chi connectivity index (χ2v) is 4.35. The van der Waals surface area contributed by atoms with Gasteiger partial charge in [-0.3, -0.25) is 0 Å². The molecule has 0 atom stereocenters. The average Bonchev–Trinajstić information content (AvgIpc) is 2.41. The lowest BCUT2D eigenvalue weighted by Gasteiger charge is -2.21. The van der Waals surface area contributed by atoms with E-state index < -0.39 is 0 Å². The Labute approximate surface area is 111 Å². The van der Waals surface area contributed by atoms with Crippen molar-refractivity contribution in [2.75, 3.05) is 43.6 Å². The van der Waals surface area contributed by atoms with Crippen LogP contribution in [0, 0.1) is 0 Å². The van der Waals surface area contributed by atoms with E-state index in [1.54, 1.807) is 7.11 Å². The standard InChI is InChI=1S/C15H26N2O/c1-4-17(5-2)15-10-8-14(9-11-15)16-12-6-7-13-18-3/h8-11,16H,4-7,12-13H2,1-3H3. The molecule has 0 aliphatic rings. The molecule has 0 radical (unpaired) electrons. The number of ether oxygens (including phenoxy) is 1. The summed E-state index contributed by atoms with van der Waals surface area (Å²) in [7, 11) is 1.75. The fourth-order valence-electron chi connectivity index (χ4n) is 1.98. The summed E-state index contributed by atoms with van der Waals surface area (Å²) in [5.41, 5.74) is 2.49. The molecule has 0 bridgehead atoms. The molecular formula is C15H26N2O. The van der Waals surface area contributed by atoms with Crippen molar-refractivity contribution in [3.8, 4) is 0 Å². The number of methoxy groups -OCH3 is 1. The third kappa shape index (κ3) is 4.96. The molecule has 0 saturated heterocycles. The fourth-order valence-corrected chi connectivity index (χ4v) is 1.98. The number of unbranched alkanes of at least 4 members (excludes halogenated alkanes) is 1. The van der Waals surface area contributed by atoms with Crippen molar-refractivity contribution in [1.82, 2.24) is 0 Å². The number of nitrogens with one attached hydrogen (secondary N) is 1. The second kappa shape index (κ2) is 8.81. The quantitative estimate of drug-likeness (QED) is 0.680. The molecule has 1 rings (SSSR count). The van der Waals surface area contributed by atoms with Crippen molar-refractivity contribution in [3.05, 3.63) is 24.3 Å². The number of rotatable bonds is 9. The first-order chi connectivity index (χ1) is 8.81. The highest BCUT2D eigenvalue weighted by atomic mass is 16.5. The first-order valence-electron chi connectivity index (χ1n) is 6.89. The molecule has 102 valence electrons. The molecule has 0 spiro atoms. The van der Waals surface area contributed by atoms with E-state index in [9.17, 15) is 0 Å². The van der Waals surface area contributed by atoms with E-state index in [-0.39, 0.29) is 0 Å². The van der Waals surface area contributed by atoms with Crippen LogP contribution < -0.4 is 10.2 Å². The molecule has 1 aromatic rings. The van der Waals surface area contributed by atoms with Gasteiger partial charge in [0, 0.05) is 44.7 Å². The topological polar surface area (TPSA) is 24.5 Å². The predicted molar refractivity (Wildman–Crippen MR) is 79.6 cm³/mol. The summed E-state index contributed by atoms with van der Waals surface area (Å²) in [5, 5.41) is 3.43. The van der Waals surface area contributed by atoms with Gasteiger partial charge in [-0.25, -0.2) is 0 Å². The largest absolute Gasteiger partial charge is 0.385 e. The van der Waals surface area contributed by atoms with Gasteiger partial charge in [-0.2, -0.15) is 0 Å². The van der Waals surface area contributed by atoms with Crippen molar-refractivity contribution in [2.45, 2.75) is 26.7 Å². The van der Waals surface area contributed by atoms with E-state index in [0.29, 0.717) is 0 Å². The SMILES string of the molecule is CCN(CC)c1ccc(NCCCCOC)cc1. The van der Waals surface area contributed by atoms with Crippen LogP contribution in [0.1, 0.15) is 26.7 Å². The van der Waals surface area contributed by atoms with Crippen molar-refractivity contribution in [2.24, 2.45) is 0 Å². The van der Waals surface area contributed by atoms with Gasteiger partial charge in [0.2, 0.25) is 0 Å². The van der Waals surface area contributed by atoms with Crippen LogP contribution in [-0.2, 0) is 4.74 Å². The van der Waals surface area contributed by atoms with Crippen molar-refractivity contribution in [3.63, 3.8) is 0 Å². The van der Waals surface area contributed by atoms with E-state index >= 15 is 0 Å². The average molecular weight is 250 g/mol. The van der Waals surface area contributed by atoms with Gasteiger partial charge < -0.3 is 15.0 Å². The number of anilines is 2. The van der Waals surface area contributed by atoms with Crippen LogP contribution in [0.2, 0.25) is 0 Å². The maximum absolute atomic E-state index is 5.03. The monoisotopic (exact) mass is 250 g/mol. The molecule has 0 aromatic heterocycles. The molecule has 3 heteroatoms. The van der Waals surface area contributed by atoms with Gasteiger partial charge in [-0.15, -0.1) is 0 Å². The summed E-state index contributed by atoms with van der Waals surface area (Å²) >= 11 is 0. The minimum Gasteiger partial charge on any atom is -0.385 e. The van der Waals surface area contributed by atoms with Gasteiger partial charge in [0.25, 0.3) is 0 Å². The van der Waals surface area contributed by atoms with Gasteiger partial charge in [0.1, 0.15) is 0 Å². The minimum absolute atomic E-state index is 0.850. The molecule has 18 heavy (non-hydrogen) atoms. The van der Waals surface area contributed by atoms with Crippen molar-refractivity contribution >= 4 is 11.4 Å². The van der Waals surface area contributed by atoms with Crippen LogP contribution in [-0.4, -0.2) is 33.4 Å². The Kier molecular flexibility index (Phi) is 7.26. The summed E-state index contributed by atoms with van der Waals surface area (Å²) in [6.45, 7) is 8.34. The Morgan fingerprint density at radius 3 is 2.28 bits per heavy atom. The normalized spacial score (nSPS) is 10.4. The van der Waals surface area contributed by atoms with Gasteiger partial charge in [-0.1, -0.05) is 0 Å². The summed E-state index contributed by atoms with van der Waals surface area (Å²) in [6.07, 6.45) is 2.26. The Bertz CT molecular complexity index is 307. The molecule has 0 aliphatic carbocycles. The lowest BCUT2D eigenvalue weighted by molar-refractivity contribution is 0.194. The lowest BCUT2D eigenvalue weighted by Crippen LogP contribution is -2.21. The third-order valence-corrected chi connectivity index (χ3v) is 3.10. The zero-order chi connectivity index (χ0) is 13.2. The molecule has 1 N–H and O–H groups in total. The summed E-state index contributed by atoms with van der Waals surface area (Å²) in [5.74, 6) is 0. The van der Waals surface area contributed by atoms with E-state index in [4.69, 9.17) is 4.74 Å². The van der Waals surface area contributed by atoms with E-state index in [2.05, 4.69) is 48.3 Å². The second-order valence-electron chi connectivity index (χ2n) is 4.35. The van der Waals surface area contributed by atoms with Crippen LogP contribution in [0.5, 0.6) is 0 Å². The van der Waals surface area contributed by atoms with Crippen LogP contribution in [0.3, 0.4) is 0 Å². The van der Waals surface area contributed by atoms with Crippen LogP contribution in [0.15, 0.2) is 24.3 Å². The highest BCUT2D eigenvalue weighted by Crippen LogP contribution is 2.17. The summed E-state index contributed by atoms with van der Waals surface area (Å²) in [4.78, 5) is 2.35. The van der Waals surface area contributed by atoms with Crippen molar-refractivity contribution < 1.29 is 4.74 Å². The minimum atomic E-state index is 0.850. The molecule has 3 nitrogen and oxygen atoms in total. The molecule has 0 saturated carbocycles. The molecular weight excluding hydrogens is 224 g/mol. The van der Waals surface area contributed by atoms with Crippen LogP contribution in [0.25, 0.3) is 0 Å². The predicted octanol–water partition coefficient (Wildman–Crippen LogP) is 3.37. The zero-order valence-electron chi connectivity index (χ0n) is 11.9. The fraction of sp³-hybridized carbons (Fsp3) is 0.600. The smallest absolute Gasteiger partial charge is 0.0462 e. The Balaban J connectivity index is 2.35. The summed E-state index contributed by atoms with van der Waals surface area (Å²) in [6, 6.07) is 8.68.